The average Bonchev–Trinajstić information content (AvgIpc) is 3.43. The molecule has 1 aliphatic rings. The van der Waals surface area contributed by atoms with Gasteiger partial charge in [-0.25, -0.2) is 9.79 Å². The van der Waals surface area contributed by atoms with Gasteiger partial charge in [-0.3, -0.25) is 9.36 Å². The van der Waals surface area contributed by atoms with Crippen molar-refractivity contribution in [2.24, 2.45) is 4.99 Å². The first kappa shape index (κ1) is 25.0. The number of carbonyl (C=O) groups excluding carboxylic acids is 1. The van der Waals surface area contributed by atoms with Crippen LogP contribution in [0.4, 0.5) is 0 Å². The molecule has 10 heteroatoms. The van der Waals surface area contributed by atoms with Crippen molar-refractivity contribution < 1.29 is 19.0 Å². The number of aromatic amines is 1. The summed E-state index contributed by atoms with van der Waals surface area (Å²) in [6, 6.07) is 10.6. The number of halogens is 1. The number of aromatic nitrogens is 2. The highest BCUT2D eigenvalue weighted by Gasteiger charge is 2.35. The van der Waals surface area contributed by atoms with Gasteiger partial charge in [-0.05, 0) is 48.0 Å². The predicted molar refractivity (Wildman–Crippen MR) is 146 cm³/mol. The zero-order valence-corrected chi connectivity index (χ0v) is 23.0. The maximum Gasteiger partial charge on any atom is 0.338 e. The highest BCUT2D eigenvalue weighted by molar-refractivity contribution is 9.10. The van der Waals surface area contributed by atoms with Crippen molar-refractivity contribution in [2.75, 3.05) is 20.8 Å². The summed E-state index contributed by atoms with van der Waals surface area (Å²) < 4.78 is 19.2. The molecule has 0 saturated carbocycles. The molecule has 0 aliphatic carbocycles. The van der Waals surface area contributed by atoms with Gasteiger partial charge in [0.2, 0.25) is 0 Å². The minimum Gasteiger partial charge on any atom is -0.496 e. The molecule has 1 unspecified atom stereocenters. The van der Waals surface area contributed by atoms with Gasteiger partial charge < -0.3 is 19.2 Å². The average molecular weight is 582 g/mol. The number of hydrogen-bond acceptors (Lipinski definition) is 7. The van der Waals surface area contributed by atoms with Crippen molar-refractivity contribution in [3.63, 3.8) is 0 Å². The van der Waals surface area contributed by atoms with Crippen molar-refractivity contribution in [1.82, 2.24) is 9.55 Å². The molecule has 3 heterocycles. The molecule has 5 rings (SSSR count). The van der Waals surface area contributed by atoms with Crippen LogP contribution in [-0.2, 0) is 9.53 Å². The third-order valence-corrected chi connectivity index (χ3v) is 7.83. The van der Waals surface area contributed by atoms with Crippen LogP contribution >= 0.6 is 27.3 Å². The summed E-state index contributed by atoms with van der Waals surface area (Å²) in [7, 11) is 3.09. The van der Waals surface area contributed by atoms with Gasteiger partial charge in [0, 0.05) is 34.3 Å². The van der Waals surface area contributed by atoms with Crippen LogP contribution in [0.15, 0.2) is 68.1 Å². The summed E-state index contributed by atoms with van der Waals surface area (Å²) >= 11 is 4.81. The summed E-state index contributed by atoms with van der Waals surface area (Å²) in [6.07, 6.45) is 3.73. The normalized spacial score (nSPS) is 15.5. The first-order valence-electron chi connectivity index (χ1n) is 11.5. The first-order valence-corrected chi connectivity index (χ1v) is 13.2. The van der Waals surface area contributed by atoms with Crippen molar-refractivity contribution in [3.05, 3.63) is 89.2 Å². The number of esters is 1. The number of nitrogens with zero attached hydrogens (tertiary/aromatic N) is 2. The maximum absolute atomic E-state index is 13.9. The number of ether oxygens (including phenoxy) is 3. The second kappa shape index (κ2) is 10.0. The lowest BCUT2D eigenvalue weighted by Gasteiger charge is -2.26. The van der Waals surface area contributed by atoms with E-state index in [0.29, 0.717) is 36.6 Å². The number of benzene rings is 2. The number of hydrogen-bond donors (Lipinski definition) is 1. The molecule has 0 saturated heterocycles. The van der Waals surface area contributed by atoms with Gasteiger partial charge in [-0.15, -0.1) is 0 Å². The largest absolute Gasteiger partial charge is 0.496 e. The number of carbonyl (C=O) groups is 1. The number of methoxy groups -OCH3 is 2. The Hall–Kier alpha value is -3.63. The van der Waals surface area contributed by atoms with Crippen molar-refractivity contribution in [3.8, 4) is 11.5 Å². The maximum atomic E-state index is 13.9. The SMILES string of the molecule is CCOC(=O)C1=C(C)N=c2s/c(=C/c3c[nH]c4ccccc34)c(=O)n2C1c1cc(Br)c(OC)cc1OC. The zero-order chi connectivity index (χ0) is 26.3. The number of para-hydroxylation sites is 1. The topological polar surface area (TPSA) is 94.9 Å². The lowest BCUT2D eigenvalue weighted by atomic mass is 9.95. The van der Waals surface area contributed by atoms with E-state index in [1.165, 1.54) is 18.4 Å². The molecule has 8 nitrogen and oxygen atoms in total. The Bertz CT molecular complexity index is 1750. The molecule has 0 amide bonds. The number of nitrogens with one attached hydrogen (secondary N) is 1. The summed E-state index contributed by atoms with van der Waals surface area (Å²) in [5, 5.41) is 1.01. The fraction of sp³-hybridized carbons (Fsp3) is 0.222. The van der Waals surface area contributed by atoms with E-state index < -0.39 is 12.0 Å². The van der Waals surface area contributed by atoms with E-state index in [1.807, 2.05) is 36.5 Å². The molecular formula is C27H24BrN3O5S. The molecule has 0 spiro atoms. The van der Waals surface area contributed by atoms with E-state index in [-0.39, 0.29) is 17.7 Å². The minimum absolute atomic E-state index is 0.191. The Morgan fingerprint density at radius 1 is 1.22 bits per heavy atom. The summed E-state index contributed by atoms with van der Waals surface area (Å²) in [5.41, 5.74) is 2.98. The molecular weight excluding hydrogens is 558 g/mol. The monoisotopic (exact) mass is 581 g/mol. The fourth-order valence-corrected chi connectivity index (χ4v) is 6.10. The van der Waals surface area contributed by atoms with E-state index in [1.54, 1.807) is 37.7 Å². The molecule has 0 bridgehead atoms. The summed E-state index contributed by atoms with van der Waals surface area (Å²) in [6.45, 7) is 3.68. The highest BCUT2D eigenvalue weighted by Crippen LogP contribution is 2.41. The molecule has 2 aromatic heterocycles. The van der Waals surface area contributed by atoms with Crippen LogP contribution in [0.25, 0.3) is 17.0 Å². The zero-order valence-electron chi connectivity index (χ0n) is 20.6. The summed E-state index contributed by atoms with van der Waals surface area (Å²) in [4.78, 5) is 35.5. The number of fused-ring (bicyclic) bond motifs is 2. The van der Waals surface area contributed by atoms with Crippen LogP contribution in [0.2, 0.25) is 0 Å². The third kappa shape index (κ3) is 4.30. The van der Waals surface area contributed by atoms with Crippen LogP contribution < -0.4 is 24.4 Å². The quantitative estimate of drug-likeness (QED) is 0.346. The van der Waals surface area contributed by atoms with Crippen molar-refractivity contribution >= 4 is 50.2 Å². The van der Waals surface area contributed by atoms with Gasteiger partial charge in [-0.1, -0.05) is 29.5 Å². The molecule has 37 heavy (non-hydrogen) atoms. The van der Waals surface area contributed by atoms with E-state index in [4.69, 9.17) is 14.2 Å². The highest BCUT2D eigenvalue weighted by atomic mass is 79.9. The minimum atomic E-state index is -0.808. The van der Waals surface area contributed by atoms with Crippen LogP contribution in [0.5, 0.6) is 11.5 Å². The lowest BCUT2D eigenvalue weighted by molar-refractivity contribution is -0.139. The predicted octanol–water partition coefficient (Wildman–Crippen LogP) is 4.06. The van der Waals surface area contributed by atoms with Gasteiger partial charge in [0.15, 0.2) is 4.80 Å². The lowest BCUT2D eigenvalue weighted by Crippen LogP contribution is -2.40. The van der Waals surface area contributed by atoms with Crippen molar-refractivity contribution in [2.45, 2.75) is 19.9 Å². The Morgan fingerprint density at radius 3 is 2.70 bits per heavy atom. The van der Waals surface area contributed by atoms with E-state index >= 15 is 0 Å². The van der Waals surface area contributed by atoms with Crippen molar-refractivity contribution in [1.29, 1.82) is 0 Å². The molecule has 0 fully saturated rings. The Labute approximate surface area is 224 Å². The molecule has 1 atom stereocenters. The van der Waals surface area contributed by atoms with Crippen LogP contribution in [0.1, 0.15) is 31.0 Å². The molecule has 0 radical (unpaired) electrons. The second-order valence-corrected chi connectivity index (χ2v) is 10.2. The molecule has 4 aromatic rings. The van der Waals surface area contributed by atoms with E-state index in [0.717, 1.165) is 16.5 Å². The number of thiazole rings is 1. The Balaban J connectivity index is 1.79. The van der Waals surface area contributed by atoms with Gasteiger partial charge in [0.05, 0.1) is 41.1 Å². The van der Waals surface area contributed by atoms with Crippen LogP contribution in [-0.4, -0.2) is 36.3 Å². The van der Waals surface area contributed by atoms with Gasteiger partial charge in [-0.2, -0.15) is 0 Å². The smallest absolute Gasteiger partial charge is 0.338 e. The fourth-order valence-electron chi connectivity index (χ4n) is 4.54. The van der Waals surface area contributed by atoms with E-state index in [9.17, 15) is 9.59 Å². The van der Waals surface area contributed by atoms with Crippen LogP contribution in [0, 0.1) is 0 Å². The van der Waals surface area contributed by atoms with Crippen LogP contribution in [0.3, 0.4) is 0 Å². The summed E-state index contributed by atoms with van der Waals surface area (Å²) in [5.74, 6) is 0.493. The third-order valence-electron chi connectivity index (χ3n) is 6.22. The first-order chi connectivity index (χ1) is 17.9. The second-order valence-electron chi connectivity index (χ2n) is 8.32. The molecule has 190 valence electrons. The molecule has 1 N–H and O–H groups in total. The van der Waals surface area contributed by atoms with Gasteiger partial charge in [0.1, 0.15) is 17.5 Å². The molecule has 2 aromatic carbocycles. The number of H-pyrrole nitrogens is 1. The number of allylic oxidation sites excluding steroid dienone is 1. The van der Waals surface area contributed by atoms with Gasteiger partial charge >= 0.3 is 5.97 Å². The number of rotatable bonds is 6. The van der Waals surface area contributed by atoms with E-state index in [2.05, 4.69) is 25.9 Å². The standard InChI is InChI=1S/C27H24BrN3O5S/c1-5-36-26(33)23-14(2)30-27-31(24(23)17-11-18(28)21(35-4)12-20(17)34-3)25(32)22(37-27)10-15-13-29-19-9-7-6-8-16(15)19/h6-13,24,29H,5H2,1-4H3/b22-10+. The molecule has 1 aliphatic heterocycles. The Morgan fingerprint density at radius 2 is 1.97 bits per heavy atom. The Kier molecular flexibility index (Phi) is 6.78. The van der Waals surface area contributed by atoms with Gasteiger partial charge in [0.25, 0.3) is 5.56 Å².